The van der Waals surface area contributed by atoms with Gasteiger partial charge in [0.25, 0.3) is 5.91 Å². The van der Waals surface area contributed by atoms with E-state index in [9.17, 15) is 13.2 Å². The summed E-state index contributed by atoms with van der Waals surface area (Å²) < 4.78 is 22.9. The minimum atomic E-state index is -3.30. The molecule has 1 aromatic rings. The molecule has 0 aromatic heterocycles. The fraction of sp³-hybridized carbons (Fsp3) is 0.462. The van der Waals surface area contributed by atoms with Crippen molar-refractivity contribution in [2.75, 3.05) is 19.8 Å². The Bertz CT molecular complexity index is 555. The Hall–Kier alpha value is -1.07. The number of halogens is 1. The maximum Gasteiger partial charge on any atom is 0.253 e. The van der Waals surface area contributed by atoms with Crippen LogP contribution in [-0.2, 0) is 9.84 Å². The van der Waals surface area contributed by atoms with Gasteiger partial charge in [-0.2, -0.15) is 0 Å². The van der Waals surface area contributed by atoms with Crippen molar-refractivity contribution in [1.29, 1.82) is 0 Å². The fourth-order valence-electron chi connectivity index (χ4n) is 1.55. The molecule has 1 rings (SSSR count). The standard InChI is InChI=1S/C13H18ClNO3S/c1-10(14)7-8-15(2)13(16)11-5-4-6-12(9-11)19(3,17)18/h4-6,9-10H,7-8H2,1-3H3. The lowest BCUT2D eigenvalue weighted by Gasteiger charge is -2.18. The number of carbonyl (C=O) groups is 1. The highest BCUT2D eigenvalue weighted by atomic mass is 35.5. The van der Waals surface area contributed by atoms with E-state index in [1.165, 1.54) is 12.1 Å². The summed E-state index contributed by atoms with van der Waals surface area (Å²) >= 11 is 5.84. The molecule has 0 bridgehead atoms. The molecule has 0 aliphatic heterocycles. The van der Waals surface area contributed by atoms with E-state index in [2.05, 4.69) is 0 Å². The normalized spacial score (nSPS) is 13.1. The molecule has 0 radical (unpaired) electrons. The molecule has 1 atom stereocenters. The second kappa shape index (κ2) is 6.39. The zero-order valence-electron chi connectivity index (χ0n) is 11.3. The lowest BCUT2D eigenvalue weighted by molar-refractivity contribution is 0.0793. The van der Waals surface area contributed by atoms with Crippen LogP contribution in [0.3, 0.4) is 0 Å². The largest absolute Gasteiger partial charge is 0.342 e. The Morgan fingerprint density at radius 1 is 1.42 bits per heavy atom. The number of rotatable bonds is 5. The van der Waals surface area contributed by atoms with Crippen molar-refractivity contribution < 1.29 is 13.2 Å². The van der Waals surface area contributed by atoms with Gasteiger partial charge in [-0.3, -0.25) is 4.79 Å². The third kappa shape index (κ3) is 4.84. The summed E-state index contributed by atoms with van der Waals surface area (Å²) in [6, 6.07) is 6.06. The van der Waals surface area contributed by atoms with Crippen molar-refractivity contribution in [2.45, 2.75) is 23.6 Å². The first-order valence-electron chi connectivity index (χ1n) is 5.91. The number of hydrogen-bond donors (Lipinski definition) is 0. The number of nitrogens with zero attached hydrogens (tertiary/aromatic N) is 1. The molecule has 0 aliphatic carbocycles. The van der Waals surface area contributed by atoms with Crippen LogP contribution in [0.2, 0.25) is 0 Å². The minimum absolute atomic E-state index is 0.00222. The Labute approximate surface area is 119 Å². The Kier molecular flexibility index (Phi) is 5.38. The monoisotopic (exact) mass is 303 g/mol. The SMILES string of the molecule is CC(Cl)CCN(C)C(=O)c1cccc(S(C)(=O)=O)c1. The highest BCUT2D eigenvalue weighted by molar-refractivity contribution is 7.90. The molecule has 6 heteroatoms. The van der Waals surface area contributed by atoms with Crippen molar-refractivity contribution in [3.63, 3.8) is 0 Å². The van der Waals surface area contributed by atoms with Crippen LogP contribution in [0.5, 0.6) is 0 Å². The van der Waals surface area contributed by atoms with Crippen LogP contribution in [0.25, 0.3) is 0 Å². The number of carbonyl (C=O) groups excluding carboxylic acids is 1. The maximum atomic E-state index is 12.1. The van der Waals surface area contributed by atoms with Gasteiger partial charge in [0.1, 0.15) is 0 Å². The smallest absolute Gasteiger partial charge is 0.253 e. The van der Waals surface area contributed by atoms with Crippen LogP contribution in [0, 0.1) is 0 Å². The molecule has 4 nitrogen and oxygen atoms in total. The van der Waals surface area contributed by atoms with Gasteiger partial charge >= 0.3 is 0 Å². The summed E-state index contributed by atoms with van der Waals surface area (Å²) in [6.07, 6.45) is 1.81. The maximum absolute atomic E-state index is 12.1. The van der Waals surface area contributed by atoms with Crippen LogP contribution in [0.1, 0.15) is 23.7 Å². The first-order chi connectivity index (χ1) is 8.71. The van der Waals surface area contributed by atoms with Crippen LogP contribution in [0.15, 0.2) is 29.2 Å². The van der Waals surface area contributed by atoms with Gasteiger partial charge in [-0.15, -0.1) is 11.6 Å². The van der Waals surface area contributed by atoms with Gasteiger partial charge in [-0.25, -0.2) is 8.42 Å². The molecule has 1 unspecified atom stereocenters. The van der Waals surface area contributed by atoms with Gasteiger partial charge in [0.2, 0.25) is 0 Å². The molecule has 0 heterocycles. The molecule has 0 saturated carbocycles. The van der Waals surface area contributed by atoms with Gasteiger partial charge in [-0.1, -0.05) is 6.07 Å². The van der Waals surface area contributed by atoms with E-state index in [1.807, 2.05) is 6.92 Å². The van der Waals surface area contributed by atoms with Crippen molar-refractivity contribution >= 4 is 27.3 Å². The number of hydrogen-bond acceptors (Lipinski definition) is 3. The zero-order chi connectivity index (χ0) is 14.6. The molecule has 1 aromatic carbocycles. The van der Waals surface area contributed by atoms with Crippen molar-refractivity contribution in [3.05, 3.63) is 29.8 Å². The van der Waals surface area contributed by atoms with Crippen molar-refractivity contribution in [1.82, 2.24) is 4.90 Å². The third-order valence-electron chi connectivity index (χ3n) is 2.72. The Morgan fingerprint density at radius 2 is 2.05 bits per heavy atom. The molecule has 0 N–H and O–H groups in total. The summed E-state index contributed by atoms with van der Waals surface area (Å²) in [7, 11) is -1.63. The molecule has 19 heavy (non-hydrogen) atoms. The molecule has 0 saturated heterocycles. The van der Waals surface area contributed by atoms with Gasteiger partial charge in [-0.05, 0) is 31.5 Å². The number of amides is 1. The fourth-order valence-corrected chi connectivity index (χ4v) is 2.32. The Morgan fingerprint density at radius 3 is 2.58 bits per heavy atom. The summed E-state index contributed by atoms with van der Waals surface area (Å²) in [5, 5.41) is -0.00222. The number of sulfone groups is 1. The van der Waals surface area contributed by atoms with Gasteiger partial charge in [0, 0.05) is 30.8 Å². The van der Waals surface area contributed by atoms with Gasteiger partial charge in [0.05, 0.1) is 4.90 Å². The van der Waals surface area contributed by atoms with E-state index in [0.717, 1.165) is 6.26 Å². The first-order valence-corrected chi connectivity index (χ1v) is 8.24. The molecule has 0 fully saturated rings. The van der Waals surface area contributed by atoms with E-state index < -0.39 is 9.84 Å². The van der Waals surface area contributed by atoms with Gasteiger partial charge in [0.15, 0.2) is 9.84 Å². The predicted octanol–water partition coefficient (Wildman–Crippen LogP) is 2.18. The molecular formula is C13H18ClNO3S. The number of benzene rings is 1. The molecule has 106 valence electrons. The van der Waals surface area contributed by atoms with Crippen LogP contribution < -0.4 is 0 Å². The summed E-state index contributed by atoms with van der Waals surface area (Å²) in [6.45, 7) is 2.40. The number of alkyl halides is 1. The minimum Gasteiger partial charge on any atom is -0.342 e. The summed E-state index contributed by atoms with van der Waals surface area (Å²) in [5.74, 6) is -0.206. The van der Waals surface area contributed by atoms with E-state index in [0.29, 0.717) is 18.5 Å². The van der Waals surface area contributed by atoms with Gasteiger partial charge < -0.3 is 4.90 Å². The Balaban J connectivity index is 2.88. The molecule has 0 spiro atoms. The average molecular weight is 304 g/mol. The second-order valence-corrected chi connectivity index (χ2v) is 7.36. The van der Waals surface area contributed by atoms with Crippen LogP contribution in [-0.4, -0.2) is 44.5 Å². The molecular weight excluding hydrogens is 286 g/mol. The molecule has 1 amide bonds. The highest BCUT2D eigenvalue weighted by Gasteiger charge is 2.15. The summed E-state index contributed by atoms with van der Waals surface area (Å²) in [5.41, 5.74) is 0.368. The van der Waals surface area contributed by atoms with Crippen LogP contribution in [0.4, 0.5) is 0 Å². The molecule has 0 aliphatic rings. The highest BCUT2D eigenvalue weighted by Crippen LogP contribution is 2.13. The zero-order valence-corrected chi connectivity index (χ0v) is 12.8. The lowest BCUT2D eigenvalue weighted by atomic mass is 10.2. The predicted molar refractivity (Wildman–Crippen MR) is 76.4 cm³/mol. The summed E-state index contributed by atoms with van der Waals surface area (Å²) in [4.78, 5) is 13.8. The topological polar surface area (TPSA) is 54.5 Å². The second-order valence-electron chi connectivity index (χ2n) is 4.60. The first kappa shape index (κ1) is 16.0. The van der Waals surface area contributed by atoms with Crippen molar-refractivity contribution in [3.8, 4) is 0 Å². The van der Waals surface area contributed by atoms with E-state index in [-0.39, 0.29) is 16.2 Å². The van der Waals surface area contributed by atoms with E-state index in [1.54, 1.807) is 24.1 Å². The third-order valence-corrected chi connectivity index (χ3v) is 4.05. The lowest BCUT2D eigenvalue weighted by Crippen LogP contribution is -2.28. The average Bonchev–Trinajstić information content (AvgIpc) is 2.34. The van der Waals surface area contributed by atoms with Crippen LogP contribution >= 0.6 is 11.6 Å². The van der Waals surface area contributed by atoms with E-state index in [4.69, 9.17) is 11.6 Å². The quantitative estimate of drug-likeness (QED) is 0.783. The van der Waals surface area contributed by atoms with E-state index >= 15 is 0 Å². The van der Waals surface area contributed by atoms with Crippen molar-refractivity contribution in [2.24, 2.45) is 0 Å².